The largest absolute Gasteiger partial charge is 0.427 e. The number of aliphatic hydroxyl groups excluding tert-OH is 1. The van der Waals surface area contributed by atoms with Gasteiger partial charge in [-0.15, -0.1) is 0 Å². The molecule has 0 saturated heterocycles. The zero-order valence-corrected chi connectivity index (χ0v) is 12.5. The topological polar surface area (TPSA) is 33.1 Å². The van der Waals surface area contributed by atoms with Crippen LogP contribution in [-0.4, -0.2) is 9.48 Å². The zero-order valence-electron chi connectivity index (χ0n) is 9.54. The standard InChI is InChI=1S/C12H9F3INOS/c13-12(14,15)11-9(6-18)10(17-19-11)8-3-1-7(5-16)2-4-8/h1-4,18H,5-6H2. The van der Waals surface area contributed by atoms with Gasteiger partial charge >= 0.3 is 6.18 Å². The van der Waals surface area contributed by atoms with Gasteiger partial charge in [0.1, 0.15) is 4.88 Å². The Morgan fingerprint density at radius 2 is 1.84 bits per heavy atom. The van der Waals surface area contributed by atoms with Crippen LogP contribution in [0.25, 0.3) is 11.3 Å². The lowest BCUT2D eigenvalue weighted by Crippen LogP contribution is -2.05. The van der Waals surface area contributed by atoms with Gasteiger partial charge < -0.3 is 5.11 Å². The fourth-order valence-electron chi connectivity index (χ4n) is 1.66. The summed E-state index contributed by atoms with van der Waals surface area (Å²) >= 11 is 2.58. The SMILES string of the molecule is OCc1c(-c2ccc(CI)cc2)nsc1C(F)(F)F. The number of halogens is 4. The second kappa shape index (κ2) is 5.76. The zero-order chi connectivity index (χ0) is 14.0. The van der Waals surface area contributed by atoms with Crippen LogP contribution in [0.3, 0.4) is 0 Å². The second-order valence-corrected chi connectivity index (χ2v) is 5.36. The Labute approximate surface area is 125 Å². The number of aliphatic hydroxyl groups is 1. The van der Waals surface area contributed by atoms with E-state index in [2.05, 4.69) is 27.0 Å². The van der Waals surface area contributed by atoms with Crippen molar-refractivity contribution in [2.45, 2.75) is 17.2 Å². The molecule has 1 heterocycles. The van der Waals surface area contributed by atoms with Crippen LogP contribution in [0, 0.1) is 0 Å². The van der Waals surface area contributed by atoms with Gasteiger partial charge in [0.2, 0.25) is 0 Å². The third-order valence-electron chi connectivity index (χ3n) is 2.59. The predicted octanol–water partition coefficient (Wildman–Crippen LogP) is 4.26. The van der Waals surface area contributed by atoms with E-state index < -0.39 is 17.7 Å². The number of alkyl halides is 4. The number of benzene rings is 1. The minimum absolute atomic E-state index is 0.153. The quantitative estimate of drug-likeness (QED) is 0.618. The molecule has 1 aromatic heterocycles. The smallest absolute Gasteiger partial charge is 0.392 e. The van der Waals surface area contributed by atoms with Crippen LogP contribution in [0.4, 0.5) is 13.2 Å². The molecule has 0 spiro atoms. The van der Waals surface area contributed by atoms with E-state index in [1.807, 2.05) is 12.1 Å². The monoisotopic (exact) mass is 399 g/mol. The number of nitrogens with zero attached hydrogens (tertiary/aromatic N) is 1. The van der Waals surface area contributed by atoms with Crippen LogP contribution < -0.4 is 0 Å². The molecule has 0 aliphatic carbocycles. The third kappa shape index (κ3) is 3.09. The molecule has 0 fully saturated rings. The Morgan fingerprint density at radius 1 is 1.21 bits per heavy atom. The Hall–Kier alpha value is -0.670. The molecule has 0 saturated carbocycles. The summed E-state index contributed by atoms with van der Waals surface area (Å²) in [5, 5.41) is 9.18. The van der Waals surface area contributed by atoms with Gasteiger partial charge in [0.25, 0.3) is 0 Å². The molecule has 1 N–H and O–H groups in total. The molecule has 2 aromatic rings. The number of hydrogen-bond acceptors (Lipinski definition) is 3. The van der Waals surface area contributed by atoms with E-state index in [4.69, 9.17) is 0 Å². The second-order valence-electron chi connectivity index (χ2n) is 3.83. The summed E-state index contributed by atoms with van der Waals surface area (Å²) in [4.78, 5) is -0.831. The van der Waals surface area contributed by atoms with Crippen molar-refractivity contribution in [1.29, 1.82) is 0 Å². The molecule has 2 rings (SSSR count). The lowest BCUT2D eigenvalue weighted by Gasteiger charge is -2.06. The molecule has 2 nitrogen and oxygen atoms in total. The van der Waals surface area contributed by atoms with Gasteiger partial charge in [-0.2, -0.15) is 17.5 Å². The van der Waals surface area contributed by atoms with Crippen molar-refractivity contribution in [3.63, 3.8) is 0 Å². The summed E-state index contributed by atoms with van der Waals surface area (Å²) < 4.78 is 42.9. The van der Waals surface area contributed by atoms with Crippen LogP contribution in [-0.2, 0) is 17.2 Å². The predicted molar refractivity (Wildman–Crippen MR) is 76.2 cm³/mol. The highest BCUT2D eigenvalue weighted by atomic mass is 127. The van der Waals surface area contributed by atoms with Gasteiger partial charge in [0.05, 0.1) is 12.3 Å². The van der Waals surface area contributed by atoms with Gasteiger partial charge in [0, 0.05) is 15.6 Å². The van der Waals surface area contributed by atoms with Crippen LogP contribution in [0.15, 0.2) is 24.3 Å². The normalized spacial score (nSPS) is 11.8. The highest BCUT2D eigenvalue weighted by Crippen LogP contribution is 2.39. The molecular formula is C12H9F3INOS. The Kier molecular flexibility index (Phi) is 4.46. The fourth-order valence-corrected chi connectivity index (χ4v) is 2.94. The molecule has 0 unspecified atom stereocenters. The van der Waals surface area contributed by atoms with Crippen LogP contribution in [0.1, 0.15) is 16.0 Å². The Balaban J connectivity index is 2.47. The molecule has 0 aliphatic rings. The van der Waals surface area contributed by atoms with Crippen LogP contribution >= 0.6 is 34.1 Å². The highest BCUT2D eigenvalue weighted by molar-refractivity contribution is 14.1. The first-order valence-electron chi connectivity index (χ1n) is 5.29. The van der Waals surface area contributed by atoms with Crippen molar-refractivity contribution in [2.24, 2.45) is 0 Å². The minimum atomic E-state index is -4.48. The summed E-state index contributed by atoms with van der Waals surface area (Å²) in [6, 6.07) is 7.13. The molecule has 0 radical (unpaired) electrons. The van der Waals surface area contributed by atoms with E-state index in [1.54, 1.807) is 12.1 Å². The molecule has 102 valence electrons. The Morgan fingerprint density at radius 3 is 2.32 bits per heavy atom. The first-order valence-corrected chi connectivity index (χ1v) is 7.59. The number of hydrogen-bond donors (Lipinski definition) is 1. The van der Waals surface area contributed by atoms with Gasteiger partial charge in [-0.05, 0) is 17.1 Å². The Bertz CT molecular complexity index is 565. The first-order chi connectivity index (χ1) is 8.97. The lowest BCUT2D eigenvalue weighted by atomic mass is 10.1. The van der Waals surface area contributed by atoms with E-state index >= 15 is 0 Å². The number of rotatable bonds is 3. The summed E-state index contributed by atoms with van der Waals surface area (Å²) in [5.41, 5.74) is 1.73. The average Bonchev–Trinajstić information content (AvgIpc) is 2.82. The molecule has 1 aromatic carbocycles. The van der Waals surface area contributed by atoms with E-state index in [1.165, 1.54) is 0 Å². The van der Waals surface area contributed by atoms with Gasteiger partial charge in [-0.1, -0.05) is 46.9 Å². The van der Waals surface area contributed by atoms with Gasteiger partial charge in [-0.25, -0.2) is 0 Å². The summed E-state index contributed by atoms with van der Waals surface area (Å²) in [5.74, 6) is 0. The number of aromatic nitrogens is 1. The molecule has 7 heteroatoms. The van der Waals surface area contributed by atoms with Crippen molar-refractivity contribution in [3.8, 4) is 11.3 Å². The maximum Gasteiger partial charge on any atom is 0.427 e. The van der Waals surface area contributed by atoms with Crippen molar-refractivity contribution in [2.75, 3.05) is 0 Å². The maximum atomic E-state index is 12.7. The van der Waals surface area contributed by atoms with Crippen LogP contribution in [0.5, 0.6) is 0 Å². The summed E-state index contributed by atoms with van der Waals surface area (Å²) in [6.07, 6.45) is -4.48. The van der Waals surface area contributed by atoms with Crippen molar-refractivity contribution >= 4 is 34.1 Å². The molecule has 0 aliphatic heterocycles. The molecule has 19 heavy (non-hydrogen) atoms. The lowest BCUT2D eigenvalue weighted by molar-refractivity contribution is -0.135. The van der Waals surface area contributed by atoms with Crippen molar-refractivity contribution in [1.82, 2.24) is 4.37 Å². The summed E-state index contributed by atoms with van der Waals surface area (Å²) in [7, 11) is 0. The summed E-state index contributed by atoms with van der Waals surface area (Å²) in [6.45, 7) is -0.672. The van der Waals surface area contributed by atoms with Crippen molar-refractivity contribution in [3.05, 3.63) is 40.3 Å². The molecule has 0 atom stereocenters. The molecular weight excluding hydrogens is 390 g/mol. The first kappa shape index (κ1) is 14.7. The minimum Gasteiger partial charge on any atom is -0.392 e. The van der Waals surface area contributed by atoms with E-state index in [-0.39, 0.29) is 11.3 Å². The molecule has 0 amide bonds. The highest BCUT2D eigenvalue weighted by Gasteiger charge is 2.37. The van der Waals surface area contributed by atoms with E-state index in [0.717, 1.165) is 9.99 Å². The van der Waals surface area contributed by atoms with E-state index in [0.29, 0.717) is 17.1 Å². The van der Waals surface area contributed by atoms with Crippen molar-refractivity contribution < 1.29 is 18.3 Å². The van der Waals surface area contributed by atoms with E-state index in [9.17, 15) is 18.3 Å². The van der Waals surface area contributed by atoms with Gasteiger partial charge in [-0.3, -0.25) is 0 Å². The third-order valence-corrected chi connectivity index (χ3v) is 4.40. The fraction of sp³-hybridized carbons (Fsp3) is 0.250. The molecule has 0 bridgehead atoms. The van der Waals surface area contributed by atoms with Crippen LogP contribution in [0.2, 0.25) is 0 Å². The maximum absolute atomic E-state index is 12.7. The van der Waals surface area contributed by atoms with Gasteiger partial charge in [0.15, 0.2) is 0 Å². The average molecular weight is 399 g/mol.